The number of urea groups is 1. The third kappa shape index (κ3) is 5.65. The molecule has 0 saturated heterocycles. The summed E-state index contributed by atoms with van der Waals surface area (Å²) in [6, 6.07) is 12.9. The first kappa shape index (κ1) is 22.3. The number of hydrogen-bond acceptors (Lipinski definition) is 5. The topological polar surface area (TPSA) is 81.7 Å². The van der Waals surface area contributed by atoms with Gasteiger partial charge in [0.25, 0.3) is 0 Å². The molecule has 0 unspecified atom stereocenters. The fraction of sp³-hybridized carbons (Fsp3) is 0.217. The summed E-state index contributed by atoms with van der Waals surface area (Å²) < 4.78 is 52.6. The van der Waals surface area contributed by atoms with Crippen LogP contribution in [0.4, 0.5) is 29.3 Å². The number of hydrogen-bond donors (Lipinski definition) is 2. The quantitative estimate of drug-likeness (QED) is 0.480. The smallest absolute Gasteiger partial charge is 0.483 e. The molecule has 2 amide bonds. The second-order valence-corrected chi connectivity index (χ2v) is 7.89. The maximum absolute atomic E-state index is 12.4. The van der Waals surface area contributed by atoms with Gasteiger partial charge in [-0.05, 0) is 56.3 Å². The van der Waals surface area contributed by atoms with E-state index < -0.39 is 18.1 Å². The van der Waals surface area contributed by atoms with E-state index in [-0.39, 0.29) is 17.2 Å². The van der Waals surface area contributed by atoms with Crippen LogP contribution in [0.3, 0.4) is 0 Å². The summed E-state index contributed by atoms with van der Waals surface area (Å²) in [7, 11) is 0. The molecule has 10 heteroatoms. The Labute approximate surface area is 187 Å². The van der Waals surface area contributed by atoms with Crippen molar-refractivity contribution in [2.75, 3.05) is 10.6 Å². The Morgan fingerprint density at radius 1 is 1.06 bits per heavy atom. The number of anilines is 2. The van der Waals surface area contributed by atoms with Gasteiger partial charge in [0.1, 0.15) is 17.0 Å². The van der Waals surface area contributed by atoms with Crippen LogP contribution < -0.4 is 24.8 Å². The van der Waals surface area contributed by atoms with E-state index in [1.807, 2.05) is 26.0 Å². The number of rotatable bonds is 5. The number of alkyl halides is 3. The number of nitrogens with one attached hydrogen (secondary N) is 2. The average molecular weight is 459 g/mol. The van der Waals surface area contributed by atoms with Gasteiger partial charge in [-0.15, -0.1) is 13.2 Å². The highest BCUT2D eigenvalue weighted by Gasteiger charge is 2.33. The zero-order valence-electron chi connectivity index (χ0n) is 17.7. The standard InChI is InChI=1S/C23H20F3N3O4/c1-22(2)13-14-5-3-7-18(19(14)33-22)31-20-17(6-4-12-27-20)29-21(30)28-15-8-10-16(11-9-15)32-23(24,25)26/h3-12H,13H2,1-2H3,(H2,28,29,30). The van der Waals surface area contributed by atoms with Gasteiger partial charge in [0.2, 0.25) is 5.88 Å². The lowest BCUT2D eigenvalue weighted by Crippen LogP contribution is -2.24. The number of carbonyl (C=O) groups is 1. The number of benzene rings is 2. The first-order chi connectivity index (χ1) is 15.6. The zero-order chi connectivity index (χ0) is 23.6. The van der Waals surface area contributed by atoms with E-state index >= 15 is 0 Å². The zero-order valence-corrected chi connectivity index (χ0v) is 17.7. The van der Waals surface area contributed by atoms with Crippen molar-refractivity contribution in [2.24, 2.45) is 0 Å². The summed E-state index contributed by atoms with van der Waals surface area (Å²) >= 11 is 0. The van der Waals surface area contributed by atoms with Gasteiger partial charge in [0.05, 0.1) is 0 Å². The Hall–Kier alpha value is -3.95. The SMILES string of the molecule is CC1(C)Cc2cccc(Oc3ncccc3NC(=O)Nc3ccc(OC(F)(F)F)cc3)c2O1. The number of pyridine rings is 1. The van der Waals surface area contributed by atoms with Gasteiger partial charge in [-0.2, -0.15) is 0 Å². The molecule has 1 aliphatic rings. The van der Waals surface area contributed by atoms with Crippen LogP contribution in [0.25, 0.3) is 0 Å². The van der Waals surface area contributed by atoms with Crippen LogP contribution in [-0.4, -0.2) is 23.0 Å². The van der Waals surface area contributed by atoms with Crippen molar-refractivity contribution >= 4 is 17.4 Å². The molecule has 33 heavy (non-hydrogen) atoms. The van der Waals surface area contributed by atoms with Crippen LogP contribution in [0.15, 0.2) is 60.8 Å². The van der Waals surface area contributed by atoms with E-state index in [4.69, 9.17) is 9.47 Å². The maximum Gasteiger partial charge on any atom is 0.573 e. The van der Waals surface area contributed by atoms with Crippen molar-refractivity contribution in [3.63, 3.8) is 0 Å². The number of aromatic nitrogens is 1. The average Bonchev–Trinajstić information content (AvgIpc) is 3.05. The summed E-state index contributed by atoms with van der Waals surface area (Å²) in [6.45, 7) is 3.97. The number of carbonyl (C=O) groups excluding carboxylic acids is 1. The maximum atomic E-state index is 12.4. The summed E-state index contributed by atoms with van der Waals surface area (Å²) in [5, 5.41) is 5.16. The minimum atomic E-state index is -4.79. The second kappa shape index (κ2) is 8.53. The molecule has 0 spiro atoms. The van der Waals surface area contributed by atoms with Crippen LogP contribution in [0.5, 0.6) is 23.1 Å². The predicted molar refractivity (Wildman–Crippen MR) is 115 cm³/mol. The van der Waals surface area contributed by atoms with Gasteiger partial charge in [-0.25, -0.2) is 9.78 Å². The molecule has 2 aromatic carbocycles. The van der Waals surface area contributed by atoms with Crippen molar-refractivity contribution in [2.45, 2.75) is 32.2 Å². The second-order valence-electron chi connectivity index (χ2n) is 7.89. The monoisotopic (exact) mass is 459 g/mol. The molecule has 0 bridgehead atoms. The minimum Gasteiger partial charge on any atom is -0.483 e. The largest absolute Gasteiger partial charge is 0.573 e. The lowest BCUT2D eigenvalue weighted by Gasteiger charge is -2.18. The van der Waals surface area contributed by atoms with E-state index in [9.17, 15) is 18.0 Å². The lowest BCUT2D eigenvalue weighted by atomic mass is 10.0. The van der Waals surface area contributed by atoms with Crippen molar-refractivity contribution in [3.8, 4) is 23.1 Å². The number of halogens is 3. The molecule has 2 N–H and O–H groups in total. The molecule has 2 heterocycles. The van der Waals surface area contributed by atoms with Crippen molar-refractivity contribution in [1.29, 1.82) is 0 Å². The first-order valence-corrected chi connectivity index (χ1v) is 9.96. The van der Waals surface area contributed by atoms with Gasteiger partial charge < -0.3 is 24.8 Å². The first-order valence-electron chi connectivity index (χ1n) is 9.96. The molecule has 1 aromatic heterocycles. The molecule has 0 aliphatic carbocycles. The van der Waals surface area contributed by atoms with Gasteiger partial charge in [0, 0.05) is 23.9 Å². The van der Waals surface area contributed by atoms with Crippen LogP contribution in [-0.2, 0) is 6.42 Å². The molecule has 172 valence electrons. The fourth-order valence-electron chi connectivity index (χ4n) is 3.36. The van der Waals surface area contributed by atoms with E-state index in [1.165, 1.54) is 18.3 Å². The Morgan fingerprint density at radius 2 is 1.82 bits per heavy atom. The van der Waals surface area contributed by atoms with Crippen LogP contribution in [0.2, 0.25) is 0 Å². The fourth-order valence-corrected chi connectivity index (χ4v) is 3.36. The highest BCUT2D eigenvalue weighted by atomic mass is 19.4. The van der Waals surface area contributed by atoms with Gasteiger partial charge in [-0.1, -0.05) is 12.1 Å². The van der Waals surface area contributed by atoms with Crippen LogP contribution >= 0.6 is 0 Å². The third-order valence-electron chi connectivity index (χ3n) is 4.63. The van der Waals surface area contributed by atoms with Gasteiger partial charge >= 0.3 is 12.4 Å². The molecule has 4 rings (SSSR count). The van der Waals surface area contributed by atoms with Crippen molar-refractivity contribution in [1.82, 2.24) is 4.98 Å². The Kier molecular flexibility index (Phi) is 5.75. The molecule has 0 saturated carbocycles. The van der Waals surface area contributed by atoms with E-state index in [0.29, 0.717) is 17.2 Å². The number of amides is 2. The molecule has 0 fully saturated rings. The molecule has 7 nitrogen and oxygen atoms in total. The molecular weight excluding hydrogens is 439 g/mol. The van der Waals surface area contributed by atoms with E-state index in [2.05, 4.69) is 20.4 Å². The molecular formula is C23H20F3N3O4. The molecule has 0 atom stereocenters. The summed E-state index contributed by atoms with van der Waals surface area (Å²) in [4.78, 5) is 16.6. The van der Waals surface area contributed by atoms with Crippen LogP contribution in [0.1, 0.15) is 19.4 Å². The Morgan fingerprint density at radius 3 is 2.55 bits per heavy atom. The Balaban J connectivity index is 1.45. The third-order valence-corrected chi connectivity index (χ3v) is 4.63. The van der Waals surface area contributed by atoms with Gasteiger partial charge in [0.15, 0.2) is 11.5 Å². The molecule has 1 aliphatic heterocycles. The van der Waals surface area contributed by atoms with Crippen LogP contribution in [0, 0.1) is 0 Å². The van der Waals surface area contributed by atoms with E-state index in [1.54, 1.807) is 18.2 Å². The number of nitrogens with zero attached hydrogens (tertiary/aromatic N) is 1. The normalized spacial score (nSPS) is 14.1. The van der Waals surface area contributed by atoms with Gasteiger partial charge in [-0.3, -0.25) is 0 Å². The number of para-hydroxylation sites is 1. The van der Waals surface area contributed by atoms with Crippen molar-refractivity contribution in [3.05, 3.63) is 66.4 Å². The minimum absolute atomic E-state index is 0.156. The summed E-state index contributed by atoms with van der Waals surface area (Å²) in [5.41, 5.74) is 1.22. The predicted octanol–water partition coefficient (Wildman–Crippen LogP) is 6.13. The Bertz CT molecular complexity index is 1160. The highest BCUT2D eigenvalue weighted by Crippen LogP contribution is 2.43. The van der Waals surface area contributed by atoms with Crippen molar-refractivity contribution < 1.29 is 32.2 Å². The lowest BCUT2D eigenvalue weighted by molar-refractivity contribution is -0.274. The number of ether oxygens (including phenoxy) is 3. The van der Waals surface area contributed by atoms with E-state index in [0.717, 1.165) is 24.1 Å². The highest BCUT2D eigenvalue weighted by molar-refractivity contribution is 6.00. The summed E-state index contributed by atoms with van der Waals surface area (Å²) in [5.74, 6) is 0.866. The molecule has 3 aromatic rings. The summed E-state index contributed by atoms with van der Waals surface area (Å²) in [6.07, 6.45) is -2.53. The number of fused-ring (bicyclic) bond motifs is 1. The molecule has 0 radical (unpaired) electrons.